The smallest absolute Gasteiger partial charge is 0.187 e. The molecule has 14 nitrogen and oxygen atoms in total. The Labute approximate surface area is 176 Å². The largest absolute Gasteiger partial charge is 0.394 e. The van der Waals surface area contributed by atoms with Crippen molar-refractivity contribution in [1.29, 1.82) is 0 Å². The van der Waals surface area contributed by atoms with Crippen LogP contribution in [0, 0.1) is 0 Å². The second-order valence-electron chi connectivity index (χ2n) is 7.87. The zero-order valence-electron chi connectivity index (χ0n) is 16.6. The number of rotatable bonds is 5. The predicted octanol–water partition coefficient (Wildman–Crippen LogP) is -5.91. The summed E-state index contributed by atoms with van der Waals surface area (Å²) in [4.78, 5) is 0. The second-order valence-corrected chi connectivity index (χ2v) is 7.87. The van der Waals surface area contributed by atoms with E-state index >= 15 is 0 Å². The average Bonchev–Trinajstić information content (AvgIpc) is 2.74. The first-order chi connectivity index (χ1) is 14.6. The predicted molar refractivity (Wildman–Crippen MR) is 93.8 cm³/mol. The third kappa shape index (κ3) is 5.02. The van der Waals surface area contributed by atoms with Gasteiger partial charge in [0.05, 0.1) is 19.3 Å². The van der Waals surface area contributed by atoms with Crippen molar-refractivity contribution in [3.8, 4) is 0 Å². The molecule has 14 unspecified atom stereocenters. The molecule has 0 aromatic carbocycles. The molecule has 0 aromatic rings. The summed E-state index contributed by atoms with van der Waals surface area (Å²) in [5.41, 5.74) is 0. The third-order valence-electron chi connectivity index (χ3n) is 5.67. The summed E-state index contributed by atoms with van der Waals surface area (Å²) in [7, 11) is 0. The molecule has 3 aliphatic heterocycles. The number of hydrogen-bond acceptors (Lipinski definition) is 14. The fraction of sp³-hybridized carbons (Fsp3) is 1.00. The first kappa shape index (κ1) is 25.1. The minimum absolute atomic E-state index is 0.367. The maximum absolute atomic E-state index is 10.5. The maximum atomic E-state index is 10.5. The molecule has 0 saturated carbocycles. The molecule has 3 aliphatic rings. The molecule has 14 atom stereocenters. The molecule has 3 heterocycles. The van der Waals surface area contributed by atoms with E-state index < -0.39 is 92.6 Å². The van der Waals surface area contributed by atoms with Crippen LogP contribution in [0.4, 0.5) is 0 Å². The summed E-state index contributed by atoms with van der Waals surface area (Å²) in [5.74, 6) is 0. The van der Waals surface area contributed by atoms with Crippen molar-refractivity contribution in [1.82, 2.24) is 0 Å². The lowest BCUT2D eigenvalue weighted by Crippen LogP contribution is -2.65. The topological polar surface area (TPSA) is 228 Å². The summed E-state index contributed by atoms with van der Waals surface area (Å²) in [6.45, 7) is 0.306. The van der Waals surface area contributed by atoms with Gasteiger partial charge in [0.1, 0.15) is 61.0 Å². The molecule has 3 rings (SSSR count). The Bertz CT molecular complexity index is 581. The fourth-order valence-electron chi connectivity index (χ4n) is 3.67. The van der Waals surface area contributed by atoms with E-state index in [2.05, 4.69) is 0 Å². The first-order valence-electron chi connectivity index (χ1n) is 9.85. The van der Waals surface area contributed by atoms with Crippen LogP contribution in [0.25, 0.3) is 0 Å². The zero-order valence-corrected chi connectivity index (χ0v) is 16.6. The Morgan fingerprint density at radius 1 is 0.710 bits per heavy atom. The van der Waals surface area contributed by atoms with Crippen LogP contribution in [-0.4, -0.2) is 145 Å². The van der Waals surface area contributed by atoms with Crippen molar-refractivity contribution in [2.75, 3.05) is 13.2 Å². The van der Waals surface area contributed by atoms with Crippen LogP contribution >= 0.6 is 0 Å². The molecule has 0 aliphatic carbocycles. The SMILES string of the molecule is CC1OC(OC2C(OC3C(O)OCC(O)C3O)OC(CO)C(O)C2O)C(O)C(O)C1O. The van der Waals surface area contributed by atoms with Gasteiger partial charge < -0.3 is 69.6 Å². The van der Waals surface area contributed by atoms with Crippen molar-refractivity contribution in [2.24, 2.45) is 0 Å². The molecule has 0 amide bonds. The highest BCUT2D eigenvalue weighted by Crippen LogP contribution is 2.31. The monoisotopic (exact) mass is 458 g/mol. The van der Waals surface area contributed by atoms with Gasteiger partial charge in [0.15, 0.2) is 18.9 Å². The number of ether oxygens (including phenoxy) is 5. The molecule has 31 heavy (non-hydrogen) atoms. The molecule has 0 bridgehead atoms. The van der Waals surface area contributed by atoms with Crippen LogP contribution in [0.1, 0.15) is 6.92 Å². The molecular weight excluding hydrogens is 428 g/mol. The lowest BCUT2D eigenvalue weighted by molar-refractivity contribution is -0.385. The Kier molecular flexibility index (Phi) is 8.21. The maximum Gasteiger partial charge on any atom is 0.187 e. The van der Waals surface area contributed by atoms with Crippen LogP contribution in [-0.2, 0) is 23.7 Å². The highest BCUT2D eigenvalue weighted by molar-refractivity contribution is 4.94. The average molecular weight is 458 g/mol. The number of aliphatic hydroxyl groups excluding tert-OH is 9. The Morgan fingerprint density at radius 3 is 2.00 bits per heavy atom. The highest BCUT2D eigenvalue weighted by atomic mass is 16.8. The highest BCUT2D eigenvalue weighted by Gasteiger charge is 2.52. The van der Waals surface area contributed by atoms with E-state index in [4.69, 9.17) is 23.7 Å². The summed E-state index contributed by atoms with van der Waals surface area (Å²) >= 11 is 0. The van der Waals surface area contributed by atoms with E-state index in [-0.39, 0.29) is 6.61 Å². The van der Waals surface area contributed by atoms with Crippen LogP contribution in [0.15, 0.2) is 0 Å². The molecule has 0 radical (unpaired) electrons. The van der Waals surface area contributed by atoms with Gasteiger partial charge in [0.2, 0.25) is 0 Å². The number of hydrogen-bond donors (Lipinski definition) is 9. The zero-order chi connectivity index (χ0) is 23.0. The van der Waals surface area contributed by atoms with E-state index in [9.17, 15) is 46.0 Å². The van der Waals surface area contributed by atoms with Crippen molar-refractivity contribution in [2.45, 2.75) is 92.9 Å². The Morgan fingerprint density at radius 2 is 1.35 bits per heavy atom. The normalized spacial score (nSPS) is 54.0. The van der Waals surface area contributed by atoms with Gasteiger partial charge in [-0.15, -0.1) is 0 Å². The standard InChI is InChI=1S/C17H30O14/c1-4-7(20)10(23)12(25)16(28-4)31-14-11(24)9(22)6(2-18)29-17(14)30-13-8(21)5(19)3-27-15(13)26/h4-26H,2-3H2,1H3. The van der Waals surface area contributed by atoms with E-state index in [1.54, 1.807) is 0 Å². The molecular formula is C17H30O14. The molecule has 14 heteroatoms. The van der Waals surface area contributed by atoms with Crippen LogP contribution in [0.5, 0.6) is 0 Å². The quantitative estimate of drug-likeness (QED) is 0.187. The molecule has 0 spiro atoms. The lowest BCUT2D eigenvalue weighted by Gasteiger charge is -2.47. The van der Waals surface area contributed by atoms with Crippen molar-refractivity contribution >= 4 is 0 Å². The molecule has 9 N–H and O–H groups in total. The van der Waals surface area contributed by atoms with E-state index in [1.165, 1.54) is 6.92 Å². The fourth-order valence-corrected chi connectivity index (χ4v) is 3.67. The Balaban J connectivity index is 1.80. The summed E-state index contributed by atoms with van der Waals surface area (Å²) in [6.07, 6.45) is -21.7. The van der Waals surface area contributed by atoms with Crippen molar-refractivity contribution in [3.05, 3.63) is 0 Å². The van der Waals surface area contributed by atoms with Crippen molar-refractivity contribution in [3.63, 3.8) is 0 Å². The van der Waals surface area contributed by atoms with Gasteiger partial charge in [-0.05, 0) is 6.92 Å². The van der Waals surface area contributed by atoms with Crippen LogP contribution < -0.4 is 0 Å². The molecule has 3 saturated heterocycles. The van der Waals surface area contributed by atoms with Gasteiger partial charge in [0, 0.05) is 0 Å². The van der Waals surface area contributed by atoms with Gasteiger partial charge >= 0.3 is 0 Å². The van der Waals surface area contributed by atoms with Gasteiger partial charge in [-0.1, -0.05) is 0 Å². The summed E-state index contributed by atoms with van der Waals surface area (Å²) in [5, 5.41) is 89.9. The number of aliphatic hydroxyl groups is 9. The van der Waals surface area contributed by atoms with Crippen LogP contribution in [0.2, 0.25) is 0 Å². The third-order valence-corrected chi connectivity index (χ3v) is 5.67. The lowest BCUT2D eigenvalue weighted by atomic mass is 9.97. The van der Waals surface area contributed by atoms with E-state index in [0.29, 0.717) is 0 Å². The summed E-state index contributed by atoms with van der Waals surface area (Å²) in [6, 6.07) is 0. The minimum atomic E-state index is -1.77. The van der Waals surface area contributed by atoms with Gasteiger partial charge in [0.25, 0.3) is 0 Å². The van der Waals surface area contributed by atoms with Gasteiger partial charge in [-0.3, -0.25) is 0 Å². The molecule has 3 fully saturated rings. The van der Waals surface area contributed by atoms with Gasteiger partial charge in [-0.25, -0.2) is 0 Å². The van der Waals surface area contributed by atoms with E-state index in [1.807, 2.05) is 0 Å². The van der Waals surface area contributed by atoms with Gasteiger partial charge in [-0.2, -0.15) is 0 Å². The molecule has 182 valence electrons. The Hall–Kier alpha value is -0.560. The molecule has 0 aromatic heterocycles. The first-order valence-corrected chi connectivity index (χ1v) is 9.85. The minimum Gasteiger partial charge on any atom is -0.394 e. The van der Waals surface area contributed by atoms with Crippen LogP contribution in [0.3, 0.4) is 0 Å². The second kappa shape index (κ2) is 10.1. The van der Waals surface area contributed by atoms with Crippen molar-refractivity contribution < 1.29 is 69.6 Å². The van der Waals surface area contributed by atoms with E-state index in [0.717, 1.165) is 0 Å². The summed E-state index contributed by atoms with van der Waals surface area (Å²) < 4.78 is 26.6.